The van der Waals surface area contributed by atoms with Crippen LogP contribution in [0.5, 0.6) is 5.75 Å². The normalized spacial score (nSPS) is 10.8. The van der Waals surface area contributed by atoms with E-state index in [-0.39, 0.29) is 12.4 Å². The van der Waals surface area contributed by atoms with E-state index in [2.05, 4.69) is 11.8 Å². The Balaban J connectivity index is 2.75. The SMILES string of the molecule is COc1ccc(C#CCO)c(CSCCS(C)(=O)=O)c1. The topological polar surface area (TPSA) is 63.6 Å². The highest BCUT2D eigenvalue weighted by atomic mass is 32.2. The van der Waals surface area contributed by atoms with Crippen molar-refractivity contribution in [1.29, 1.82) is 0 Å². The second-order valence-electron chi connectivity index (χ2n) is 4.17. The Labute approximate surface area is 124 Å². The fourth-order valence-electron chi connectivity index (χ4n) is 1.47. The molecule has 0 aliphatic rings. The van der Waals surface area contributed by atoms with E-state index >= 15 is 0 Å². The third kappa shape index (κ3) is 6.33. The molecule has 0 aliphatic heterocycles. The molecule has 1 N–H and O–H groups in total. The molecular weight excluding hydrogens is 296 g/mol. The van der Waals surface area contributed by atoms with Crippen molar-refractivity contribution in [2.24, 2.45) is 0 Å². The molecule has 0 atom stereocenters. The van der Waals surface area contributed by atoms with Gasteiger partial charge in [-0.05, 0) is 23.8 Å². The lowest BCUT2D eigenvalue weighted by Gasteiger charge is -2.07. The summed E-state index contributed by atoms with van der Waals surface area (Å²) < 4.78 is 27.3. The van der Waals surface area contributed by atoms with Gasteiger partial charge in [0.15, 0.2) is 0 Å². The van der Waals surface area contributed by atoms with Gasteiger partial charge in [-0.1, -0.05) is 11.8 Å². The fraction of sp³-hybridized carbons (Fsp3) is 0.429. The molecule has 0 amide bonds. The number of methoxy groups -OCH3 is 1. The van der Waals surface area contributed by atoms with E-state index in [9.17, 15) is 8.42 Å². The highest BCUT2D eigenvalue weighted by Crippen LogP contribution is 2.22. The Morgan fingerprint density at radius 1 is 1.40 bits per heavy atom. The zero-order valence-corrected chi connectivity index (χ0v) is 13.2. The van der Waals surface area contributed by atoms with E-state index in [0.29, 0.717) is 11.5 Å². The molecule has 0 saturated carbocycles. The van der Waals surface area contributed by atoms with E-state index in [4.69, 9.17) is 9.84 Å². The summed E-state index contributed by atoms with van der Waals surface area (Å²) in [6, 6.07) is 5.54. The van der Waals surface area contributed by atoms with Gasteiger partial charge in [0, 0.05) is 23.3 Å². The van der Waals surface area contributed by atoms with Crippen molar-refractivity contribution in [3.05, 3.63) is 29.3 Å². The van der Waals surface area contributed by atoms with Crippen molar-refractivity contribution in [2.75, 3.05) is 31.5 Å². The minimum Gasteiger partial charge on any atom is -0.497 e. The molecule has 1 aromatic rings. The van der Waals surface area contributed by atoms with Crippen LogP contribution in [0.2, 0.25) is 0 Å². The molecule has 110 valence electrons. The number of sulfone groups is 1. The lowest BCUT2D eigenvalue weighted by molar-refractivity contribution is 0.350. The number of hydrogen-bond donors (Lipinski definition) is 1. The first-order chi connectivity index (χ1) is 9.46. The molecule has 0 aromatic heterocycles. The summed E-state index contributed by atoms with van der Waals surface area (Å²) in [5.74, 6) is 7.60. The summed E-state index contributed by atoms with van der Waals surface area (Å²) in [5, 5.41) is 8.75. The van der Waals surface area contributed by atoms with Crippen molar-refractivity contribution in [3.63, 3.8) is 0 Å². The van der Waals surface area contributed by atoms with Crippen LogP contribution in [-0.4, -0.2) is 45.0 Å². The number of ether oxygens (including phenoxy) is 1. The number of aliphatic hydroxyl groups excluding tert-OH is 1. The third-order valence-electron chi connectivity index (χ3n) is 2.47. The third-order valence-corrected chi connectivity index (χ3v) is 4.68. The molecule has 0 spiro atoms. The Morgan fingerprint density at radius 2 is 2.15 bits per heavy atom. The molecule has 4 nitrogen and oxygen atoms in total. The summed E-state index contributed by atoms with van der Waals surface area (Å²) in [7, 11) is -1.33. The lowest BCUT2D eigenvalue weighted by Crippen LogP contribution is -2.05. The quantitative estimate of drug-likeness (QED) is 0.634. The summed E-state index contributed by atoms with van der Waals surface area (Å²) in [6.07, 6.45) is 1.23. The maximum Gasteiger partial charge on any atom is 0.148 e. The number of benzene rings is 1. The number of thioether (sulfide) groups is 1. The van der Waals surface area contributed by atoms with E-state index in [0.717, 1.165) is 16.9 Å². The van der Waals surface area contributed by atoms with Crippen molar-refractivity contribution in [3.8, 4) is 17.6 Å². The molecule has 0 radical (unpaired) electrons. The first-order valence-corrected chi connectivity index (χ1v) is 9.20. The molecule has 1 aromatic carbocycles. The van der Waals surface area contributed by atoms with Crippen LogP contribution in [-0.2, 0) is 15.6 Å². The van der Waals surface area contributed by atoms with Gasteiger partial charge in [0.1, 0.15) is 22.2 Å². The average molecular weight is 314 g/mol. The highest BCUT2D eigenvalue weighted by molar-refractivity contribution is 7.99. The zero-order valence-electron chi connectivity index (χ0n) is 11.5. The molecule has 0 unspecified atom stereocenters. The van der Waals surface area contributed by atoms with Crippen LogP contribution in [0.3, 0.4) is 0 Å². The number of aliphatic hydroxyl groups is 1. The van der Waals surface area contributed by atoms with E-state index in [1.54, 1.807) is 7.11 Å². The number of hydrogen-bond acceptors (Lipinski definition) is 5. The predicted octanol–water partition coefficient (Wildman–Crippen LogP) is 1.32. The van der Waals surface area contributed by atoms with Crippen LogP contribution >= 0.6 is 11.8 Å². The van der Waals surface area contributed by atoms with Crippen LogP contribution in [0.25, 0.3) is 0 Å². The van der Waals surface area contributed by atoms with Gasteiger partial charge in [-0.15, -0.1) is 0 Å². The van der Waals surface area contributed by atoms with Gasteiger partial charge in [0.05, 0.1) is 12.9 Å². The molecule has 0 saturated heterocycles. The largest absolute Gasteiger partial charge is 0.497 e. The molecule has 0 fully saturated rings. The van der Waals surface area contributed by atoms with E-state index < -0.39 is 9.84 Å². The van der Waals surface area contributed by atoms with Gasteiger partial charge in [0.25, 0.3) is 0 Å². The Morgan fingerprint density at radius 3 is 2.75 bits per heavy atom. The predicted molar refractivity (Wildman–Crippen MR) is 82.8 cm³/mol. The summed E-state index contributed by atoms with van der Waals surface area (Å²) in [4.78, 5) is 0. The van der Waals surface area contributed by atoms with Gasteiger partial charge in [-0.25, -0.2) is 8.42 Å². The smallest absolute Gasteiger partial charge is 0.148 e. The minimum absolute atomic E-state index is 0.166. The fourth-order valence-corrected chi connectivity index (χ4v) is 3.75. The maximum atomic E-state index is 11.1. The van der Waals surface area contributed by atoms with Crippen molar-refractivity contribution >= 4 is 21.6 Å². The van der Waals surface area contributed by atoms with Crippen LogP contribution in [0, 0.1) is 11.8 Å². The monoisotopic (exact) mass is 314 g/mol. The minimum atomic E-state index is -2.92. The molecule has 6 heteroatoms. The van der Waals surface area contributed by atoms with Gasteiger partial charge in [-0.2, -0.15) is 11.8 Å². The van der Waals surface area contributed by atoms with Crippen LogP contribution < -0.4 is 4.74 Å². The van der Waals surface area contributed by atoms with Crippen LogP contribution in [0.1, 0.15) is 11.1 Å². The second-order valence-corrected chi connectivity index (χ2v) is 7.53. The molecule has 20 heavy (non-hydrogen) atoms. The van der Waals surface area contributed by atoms with Crippen molar-refractivity contribution in [1.82, 2.24) is 0 Å². The van der Waals surface area contributed by atoms with Crippen molar-refractivity contribution in [2.45, 2.75) is 5.75 Å². The van der Waals surface area contributed by atoms with Crippen LogP contribution in [0.4, 0.5) is 0 Å². The molecule has 0 bridgehead atoms. The van der Waals surface area contributed by atoms with Gasteiger partial charge < -0.3 is 9.84 Å². The van der Waals surface area contributed by atoms with E-state index in [1.165, 1.54) is 18.0 Å². The molecule has 1 rings (SSSR count). The summed E-state index contributed by atoms with van der Waals surface area (Å²) in [6.45, 7) is -0.188. The Kier molecular flexibility index (Phi) is 6.93. The molecule has 0 aliphatic carbocycles. The van der Waals surface area contributed by atoms with Crippen LogP contribution in [0.15, 0.2) is 18.2 Å². The highest BCUT2D eigenvalue weighted by Gasteiger charge is 2.05. The first-order valence-electron chi connectivity index (χ1n) is 5.98. The second kappa shape index (κ2) is 8.20. The standard InChI is InChI=1S/C14H18O4S2/c1-18-14-6-5-12(4-3-7-15)13(10-14)11-19-8-9-20(2,16)17/h5-6,10,15H,7-9,11H2,1-2H3. The molecule has 0 heterocycles. The maximum absolute atomic E-state index is 11.1. The Bertz CT molecular complexity index is 597. The lowest BCUT2D eigenvalue weighted by atomic mass is 10.1. The average Bonchev–Trinajstić information content (AvgIpc) is 2.40. The Hall–Kier alpha value is -1.16. The van der Waals surface area contributed by atoms with Gasteiger partial charge in [0.2, 0.25) is 0 Å². The van der Waals surface area contributed by atoms with Gasteiger partial charge in [-0.3, -0.25) is 0 Å². The zero-order chi connectivity index (χ0) is 15.0. The summed E-state index contributed by atoms with van der Waals surface area (Å²) >= 11 is 1.54. The van der Waals surface area contributed by atoms with E-state index in [1.807, 2.05) is 18.2 Å². The number of rotatable bonds is 6. The first kappa shape index (κ1) is 16.9. The molecular formula is C14H18O4S2. The van der Waals surface area contributed by atoms with Gasteiger partial charge >= 0.3 is 0 Å². The summed E-state index contributed by atoms with van der Waals surface area (Å²) in [5.41, 5.74) is 1.80. The van der Waals surface area contributed by atoms with Crippen molar-refractivity contribution < 1.29 is 18.3 Å².